The number of benzene rings is 2. The van der Waals surface area contributed by atoms with Gasteiger partial charge in [-0.25, -0.2) is 9.97 Å². The van der Waals surface area contributed by atoms with Crippen LogP contribution in [0.25, 0.3) is 0 Å². The number of hydrogen-bond donors (Lipinski definition) is 3. The fraction of sp³-hybridized carbons (Fsp3) is 0.190. The Morgan fingerprint density at radius 1 is 1.03 bits per heavy atom. The van der Waals surface area contributed by atoms with Gasteiger partial charge in [-0.05, 0) is 36.8 Å². The van der Waals surface area contributed by atoms with Gasteiger partial charge in [-0.2, -0.15) is 0 Å². The van der Waals surface area contributed by atoms with Crippen molar-refractivity contribution < 1.29 is 19.4 Å². The molecule has 1 heterocycles. The van der Waals surface area contributed by atoms with Crippen LogP contribution in [0.3, 0.4) is 0 Å². The number of non-ortho nitro benzene ring substituents is 1. The van der Waals surface area contributed by atoms with E-state index >= 15 is 0 Å². The number of nitro groups is 2. The van der Waals surface area contributed by atoms with Crippen LogP contribution in [0.15, 0.2) is 54.9 Å². The lowest BCUT2D eigenvalue weighted by Crippen LogP contribution is -2.30. The lowest BCUT2D eigenvalue weighted by atomic mass is 10.2. The zero-order chi connectivity index (χ0) is 24.5. The number of unbranched alkanes of at least 4 members (excludes halogenated alkanes) is 1. The highest BCUT2D eigenvalue weighted by molar-refractivity contribution is 5.95. The topological polar surface area (TPSA) is 174 Å². The van der Waals surface area contributed by atoms with Gasteiger partial charge in [-0.3, -0.25) is 35.9 Å². The van der Waals surface area contributed by atoms with Crippen molar-refractivity contribution in [2.75, 3.05) is 17.3 Å². The monoisotopic (exact) mass is 467 g/mol. The summed E-state index contributed by atoms with van der Waals surface area (Å²) in [7, 11) is 0. The van der Waals surface area contributed by atoms with Gasteiger partial charge in [0.2, 0.25) is 11.6 Å². The summed E-state index contributed by atoms with van der Waals surface area (Å²) in [5, 5.41) is 25.5. The van der Waals surface area contributed by atoms with Crippen LogP contribution >= 0.6 is 0 Å². The number of rotatable bonds is 11. The molecule has 0 unspecified atom stereocenters. The van der Waals surface area contributed by atoms with Gasteiger partial charge in [-0.15, -0.1) is 0 Å². The Morgan fingerprint density at radius 3 is 2.44 bits per heavy atom. The number of carbonyl (C=O) groups is 1. The second-order valence-electron chi connectivity index (χ2n) is 6.91. The quantitative estimate of drug-likeness (QED) is 0.212. The van der Waals surface area contributed by atoms with E-state index in [2.05, 4.69) is 33.1 Å². The predicted molar refractivity (Wildman–Crippen MR) is 123 cm³/mol. The minimum absolute atomic E-state index is 0.0157. The molecule has 0 aliphatic carbocycles. The third kappa shape index (κ3) is 6.12. The third-order valence-corrected chi connectivity index (χ3v) is 4.50. The maximum absolute atomic E-state index is 12.3. The highest BCUT2D eigenvalue weighted by atomic mass is 16.6. The number of hydrazine groups is 1. The first-order chi connectivity index (χ1) is 16.4. The summed E-state index contributed by atoms with van der Waals surface area (Å²) in [5.41, 5.74) is 4.36. The molecule has 3 aromatic rings. The number of amides is 1. The van der Waals surface area contributed by atoms with Gasteiger partial charge in [0.05, 0.1) is 16.5 Å². The second kappa shape index (κ2) is 11.2. The molecule has 0 aliphatic heterocycles. The fourth-order valence-corrected chi connectivity index (χ4v) is 2.79. The number of hydrogen-bond acceptors (Lipinski definition) is 10. The number of nitrogens with zero attached hydrogens (tertiary/aromatic N) is 4. The summed E-state index contributed by atoms with van der Waals surface area (Å²) in [6, 6.07) is 11.8. The summed E-state index contributed by atoms with van der Waals surface area (Å²) in [5.74, 6) is -0.459. The van der Waals surface area contributed by atoms with E-state index in [9.17, 15) is 25.0 Å². The average Bonchev–Trinajstić information content (AvgIpc) is 2.83. The summed E-state index contributed by atoms with van der Waals surface area (Å²) < 4.78 is 5.59. The van der Waals surface area contributed by atoms with E-state index < -0.39 is 21.4 Å². The molecule has 1 amide bonds. The second-order valence-corrected chi connectivity index (χ2v) is 6.91. The first kappa shape index (κ1) is 23.8. The first-order valence-corrected chi connectivity index (χ1v) is 10.2. The summed E-state index contributed by atoms with van der Waals surface area (Å²) in [6.45, 7) is 2.66. The molecule has 2 aromatic carbocycles. The molecule has 1 aromatic heterocycles. The molecular formula is C21H21N7O6. The van der Waals surface area contributed by atoms with Crippen LogP contribution in [0.2, 0.25) is 0 Å². The third-order valence-electron chi connectivity index (χ3n) is 4.50. The van der Waals surface area contributed by atoms with E-state index in [0.717, 1.165) is 25.2 Å². The van der Waals surface area contributed by atoms with E-state index in [0.29, 0.717) is 18.0 Å². The van der Waals surface area contributed by atoms with Crippen molar-refractivity contribution in [3.63, 3.8) is 0 Å². The van der Waals surface area contributed by atoms with Gasteiger partial charge in [0.1, 0.15) is 12.1 Å². The Kier molecular flexibility index (Phi) is 7.84. The number of nitro benzene ring substituents is 1. The first-order valence-electron chi connectivity index (χ1n) is 10.2. The number of ether oxygens (including phenoxy) is 1. The Hall–Kier alpha value is -4.81. The molecule has 0 atom stereocenters. The molecule has 0 saturated carbocycles. The van der Waals surface area contributed by atoms with E-state index in [1.54, 1.807) is 24.3 Å². The molecule has 0 fully saturated rings. The minimum Gasteiger partial charge on any atom is -0.494 e. The molecule has 13 heteroatoms. The van der Waals surface area contributed by atoms with Crippen LogP contribution in [0.5, 0.6) is 5.75 Å². The van der Waals surface area contributed by atoms with Gasteiger partial charge < -0.3 is 10.1 Å². The fourth-order valence-electron chi connectivity index (χ4n) is 2.79. The minimum atomic E-state index is -0.746. The molecule has 3 N–H and O–H groups in total. The van der Waals surface area contributed by atoms with Crippen molar-refractivity contribution >= 4 is 34.6 Å². The molecule has 0 saturated heterocycles. The largest absolute Gasteiger partial charge is 0.494 e. The van der Waals surface area contributed by atoms with Crippen molar-refractivity contribution in [1.82, 2.24) is 15.4 Å². The van der Waals surface area contributed by atoms with Gasteiger partial charge in [0.15, 0.2) is 0 Å². The van der Waals surface area contributed by atoms with Crippen molar-refractivity contribution in [1.29, 1.82) is 0 Å². The maximum Gasteiger partial charge on any atom is 0.355 e. The highest BCUT2D eigenvalue weighted by Gasteiger charge is 2.24. The number of aromatic nitrogens is 2. The molecule has 3 rings (SSSR count). The smallest absolute Gasteiger partial charge is 0.355 e. The maximum atomic E-state index is 12.3. The number of nitrogens with one attached hydrogen (secondary N) is 3. The highest BCUT2D eigenvalue weighted by Crippen LogP contribution is 2.31. The molecule has 13 nitrogen and oxygen atoms in total. The standard InChI is InChI=1S/C21H21N7O6/c1-2-3-11-34-17-9-7-15(8-10-17)24-19-18(28(32)33)20(23-13-22-19)25-26-21(29)14-5-4-6-16(12-14)27(30)31/h4-10,12-13H,2-3,11H2,1H3,(H,26,29)(H2,22,23,24,25). The Bertz CT molecular complexity index is 1190. The van der Waals surface area contributed by atoms with Gasteiger partial charge >= 0.3 is 5.69 Å². The van der Waals surface area contributed by atoms with E-state index in [-0.39, 0.29) is 22.9 Å². The van der Waals surface area contributed by atoms with E-state index in [1.165, 1.54) is 18.2 Å². The molecule has 0 bridgehead atoms. The Morgan fingerprint density at radius 2 is 1.76 bits per heavy atom. The zero-order valence-electron chi connectivity index (χ0n) is 18.1. The summed E-state index contributed by atoms with van der Waals surface area (Å²) >= 11 is 0. The Labute approximate surface area is 193 Å². The number of carbonyl (C=O) groups excluding carboxylic acids is 1. The summed E-state index contributed by atoms with van der Waals surface area (Å²) in [4.78, 5) is 41.4. The number of anilines is 3. The van der Waals surface area contributed by atoms with Crippen molar-refractivity contribution in [2.45, 2.75) is 19.8 Å². The molecule has 176 valence electrons. The molecule has 0 radical (unpaired) electrons. The van der Waals surface area contributed by atoms with Crippen molar-refractivity contribution in [2.24, 2.45) is 0 Å². The summed E-state index contributed by atoms with van der Waals surface area (Å²) in [6.07, 6.45) is 3.03. The lowest BCUT2D eigenvalue weighted by molar-refractivity contribution is -0.384. The lowest BCUT2D eigenvalue weighted by Gasteiger charge is -2.11. The molecule has 0 spiro atoms. The molecule has 0 aliphatic rings. The average molecular weight is 467 g/mol. The normalized spacial score (nSPS) is 10.3. The van der Waals surface area contributed by atoms with Crippen molar-refractivity contribution in [3.05, 3.63) is 80.7 Å². The van der Waals surface area contributed by atoms with E-state index in [1.807, 2.05) is 0 Å². The Balaban J connectivity index is 1.73. The van der Waals surface area contributed by atoms with Gasteiger partial charge in [0.25, 0.3) is 11.6 Å². The van der Waals surface area contributed by atoms with Crippen LogP contribution in [-0.4, -0.2) is 32.3 Å². The van der Waals surface area contributed by atoms with Crippen LogP contribution in [-0.2, 0) is 0 Å². The van der Waals surface area contributed by atoms with Crippen molar-refractivity contribution in [3.8, 4) is 5.75 Å². The van der Waals surface area contributed by atoms with Crippen LogP contribution < -0.4 is 20.9 Å². The molecular weight excluding hydrogens is 446 g/mol. The van der Waals surface area contributed by atoms with Crippen LogP contribution in [0.4, 0.5) is 28.7 Å². The SMILES string of the molecule is CCCCOc1ccc(Nc2ncnc(NNC(=O)c3cccc([N+](=O)[O-])c3)c2[N+](=O)[O-])cc1. The van der Waals surface area contributed by atoms with Crippen LogP contribution in [0.1, 0.15) is 30.1 Å². The van der Waals surface area contributed by atoms with Gasteiger partial charge in [-0.1, -0.05) is 19.4 Å². The van der Waals surface area contributed by atoms with Gasteiger partial charge in [0, 0.05) is 23.4 Å². The zero-order valence-corrected chi connectivity index (χ0v) is 18.1. The van der Waals surface area contributed by atoms with Crippen LogP contribution in [0, 0.1) is 20.2 Å². The van der Waals surface area contributed by atoms with E-state index in [4.69, 9.17) is 4.74 Å². The molecule has 34 heavy (non-hydrogen) atoms. The predicted octanol–water partition coefficient (Wildman–Crippen LogP) is 3.97.